The Hall–Kier alpha value is -3.51. The SMILES string of the molecule is CCCCCCCc1ccc(C#Cc2ccc(-c3ccc4c(F)c(F)c(F)cc4c3)cc2)cc1. The van der Waals surface area contributed by atoms with Gasteiger partial charge in [0.2, 0.25) is 0 Å². The van der Waals surface area contributed by atoms with Crippen molar-refractivity contribution in [2.75, 3.05) is 0 Å². The Labute approximate surface area is 199 Å². The number of hydrogen-bond acceptors (Lipinski definition) is 0. The molecule has 0 fully saturated rings. The largest absolute Gasteiger partial charge is 0.204 e. The Morgan fingerprint density at radius 2 is 1.24 bits per heavy atom. The molecule has 0 aliphatic carbocycles. The van der Waals surface area contributed by atoms with Crippen LogP contribution in [0.15, 0.2) is 72.8 Å². The van der Waals surface area contributed by atoms with Gasteiger partial charge in [0, 0.05) is 16.5 Å². The van der Waals surface area contributed by atoms with Gasteiger partial charge in [-0.2, -0.15) is 0 Å². The van der Waals surface area contributed by atoms with Crippen LogP contribution in [-0.4, -0.2) is 0 Å². The van der Waals surface area contributed by atoms with Crippen molar-refractivity contribution in [2.24, 2.45) is 0 Å². The van der Waals surface area contributed by atoms with Gasteiger partial charge >= 0.3 is 0 Å². The van der Waals surface area contributed by atoms with Crippen LogP contribution in [0.5, 0.6) is 0 Å². The predicted molar refractivity (Wildman–Crippen MR) is 134 cm³/mol. The van der Waals surface area contributed by atoms with E-state index in [0.29, 0.717) is 5.39 Å². The molecule has 0 heterocycles. The highest BCUT2D eigenvalue weighted by atomic mass is 19.2. The standard InChI is InChI=1S/C31H27F3/c1-2-3-4-5-6-7-22-8-10-23(11-9-22)12-13-24-14-16-25(17-15-24)26-18-19-28-27(20-26)21-29(32)31(34)30(28)33/h8-11,14-21H,2-7H2,1H3. The summed E-state index contributed by atoms with van der Waals surface area (Å²) in [5.74, 6) is 2.60. The van der Waals surface area contributed by atoms with Crippen molar-refractivity contribution in [2.45, 2.75) is 45.4 Å². The van der Waals surface area contributed by atoms with Crippen LogP contribution in [-0.2, 0) is 6.42 Å². The minimum atomic E-state index is -1.44. The van der Waals surface area contributed by atoms with Gasteiger partial charge < -0.3 is 0 Å². The van der Waals surface area contributed by atoms with Gasteiger partial charge in [0.25, 0.3) is 0 Å². The topological polar surface area (TPSA) is 0 Å². The van der Waals surface area contributed by atoms with E-state index in [1.165, 1.54) is 43.7 Å². The molecular formula is C31H27F3. The van der Waals surface area contributed by atoms with Gasteiger partial charge in [0.15, 0.2) is 17.5 Å². The summed E-state index contributed by atoms with van der Waals surface area (Å²) in [6, 6.07) is 22.0. The van der Waals surface area contributed by atoms with Crippen molar-refractivity contribution in [1.29, 1.82) is 0 Å². The van der Waals surface area contributed by atoms with Gasteiger partial charge in [-0.15, -0.1) is 0 Å². The number of hydrogen-bond donors (Lipinski definition) is 0. The van der Waals surface area contributed by atoms with Gasteiger partial charge in [0.05, 0.1) is 0 Å². The molecule has 3 heteroatoms. The summed E-state index contributed by atoms with van der Waals surface area (Å²) in [6.07, 6.45) is 7.54. The zero-order valence-electron chi connectivity index (χ0n) is 19.3. The van der Waals surface area contributed by atoms with Gasteiger partial charge in [-0.25, -0.2) is 13.2 Å². The highest BCUT2D eigenvalue weighted by Gasteiger charge is 2.13. The molecule has 4 aromatic carbocycles. The molecule has 0 nitrogen and oxygen atoms in total. The number of fused-ring (bicyclic) bond motifs is 1. The first-order valence-corrected chi connectivity index (χ1v) is 11.8. The molecule has 34 heavy (non-hydrogen) atoms. The molecule has 0 atom stereocenters. The molecule has 4 aromatic rings. The van der Waals surface area contributed by atoms with Crippen LogP contribution < -0.4 is 0 Å². The average Bonchev–Trinajstić information content (AvgIpc) is 2.87. The third-order valence-corrected chi connectivity index (χ3v) is 6.06. The summed E-state index contributed by atoms with van der Waals surface area (Å²) in [7, 11) is 0. The fourth-order valence-electron chi connectivity index (χ4n) is 4.06. The molecule has 0 saturated carbocycles. The lowest BCUT2D eigenvalue weighted by atomic mass is 10.00. The second-order valence-corrected chi connectivity index (χ2v) is 8.61. The van der Waals surface area contributed by atoms with Crippen molar-refractivity contribution in [3.05, 3.63) is 107 Å². The minimum absolute atomic E-state index is 0.0626. The third kappa shape index (κ3) is 5.69. The number of rotatable bonds is 7. The molecule has 0 radical (unpaired) electrons. The summed E-state index contributed by atoms with van der Waals surface area (Å²) in [5, 5.41) is 0.384. The highest BCUT2D eigenvalue weighted by Crippen LogP contribution is 2.28. The maximum absolute atomic E-state index is 14.0. The lowest BCUT2D eigenvalue weighted by Crippen LogP contribution is -1.92. The monoisotopic (exact) mass is 456 g/mol. The fourth-order valence-corrected chi connectivity index (χ4v) is 4.06. The second kappa shape index (κ2) is 11.1. The van der Waals surface area contributed by atoms with Gasteiger partial charge in [-0.3, -0.25) is 0 Å². The average molecular weight is 457 g/mol. The van der Waals surface area contributed by atoms with Gasteiger partial charge in [-0.1, -0.05) is 80.8 Å². The Kier molecular flexibility index (Phi) is 7.70. The normalized spacial score (nSPS) is 10.8. The first-order valence-electron chi connectivity index (χ1n) is 11.8. The van der Waals surface area contributed by atoms with Crippen molar-refractivity contribution in [3.63, 3.8) is 0 Å². The van der Waals surface area contributed by atoms with E-state index in [1.54, 1.807) is 12.1 Å². The van der Waals surface area contributed by atoms with E-state index < -0.39 is 17.5 Å². The summed E-state index contributed by atoms with van der Waals surface area (Å²) in [6.45, 7) is 2.23. The van der Waals surface area contributed by atoms with Crippen LogP contribution in [0.4, 0.5) is 13.2 Å². The molecule has 0 N–H and O–H groups in total. The van der Waals surface area contributed by atoms with E-state index >= 15 is 0 Å². The number of aryl methyl sites for hydroxylation is 1. The van der Waals surface area contributed by atoms with Crippen molar-refractivity contribution < 1.29 is 13.2 Å². The second-order valence-electron chi connectivity index (χ2n) is 8.61. The maximum Gasteiger partial charge on any atom is 0.195 e. The predicted octanol–water partition coefficient (Wildman–Crippen LogP) is 8.84. The van der Waals surface area contributed by atoms with Crippen LogP contribution in [0, 0.1) is 29.3 Å². The zero-order chi connectivity index (χ0) is 23.9. The molecule has 0 spiro atoms. The molecule has 0 aromatic heterocycles. The van der Waals surface area contributed by atoms with Crippen LogP contribution in [0.1, 0.15) is 55.7 Å². The lowest BCUT2D eigenvalue weighted by Gasteiger charge is -2.06. The van der Waals surface area contributed by atoms with Crippen molar-refractivity contribution >= 4 is 10.8 Å². The Balaban J connectivity index is 1.42. The molecule has 0 unspecified atom stereocenters. The lowest BCUT2D eigenvalue weighted by molar-refractivity contribution is 0.453. The molecule has 172 valence electrons. The van der Waals surface area contributed by atoms with Crippen molar-refractivity contribution in [1.82, 2.24) is 0 Å². The van der Waals surface area contributed by atoms with Crippen LogP contribution in [0.25, 0.3) is 21.9 Å². The molecule has 0 saturated heterocycles. The smallest absolute Gasteiger partial charge is 0.195 e. The van der Waals surface area contributed by atoms with Crippen LogP contribution in [0.3, 0.4) is 0 Å². The molecular weight excluding hydrogens is 429 g/mol. The quantitative estimate of drug-likeness (QED) is 0.148. The van der Waals surface area contributed by atoms with E-state index in [4.69, 9.17) is 0 Å². The maximum atomic E-state index is 14.0. The van der Waals surface area contributed by atoms with Crippen LogP contribution in [0.2, 0.25) is 0 Å². The van der Waals surface area contributed by atoms with Crippen LogP contribution >= 0.6 is 0 Å². The molecule has 0 amide bonds. The summed E-state index contributed by atoms with van der Waals surface area (Å²) < 4.78 is 41.0. The Morgan fingerprint density at radius 1 is 0.618 bits per heavy atom. The summed E-state index contributed by atoms with van der Waals surface area (Å²) in [4.78, 5) is 0. The highest BCUT2D eigenvalue weighted by molar-refractivity contribution is 5.88. The first kappa shape index (κ1) is 23.6. The molecule has 0 aliphatic rings. The zero-order valence-corrected chi connectivity index (χ0v) is 19.3. The Morgan fingerprint density at radius 3 is 1.91 bits per heavy atom. The Bertz CT molecular complexity index is 1320. The first-order chi connectivity index (χ1) is 16.5. The van der Waals surface area contributed by atoms with E-state index in [0.717, 1.165) is 34.7 Å². The van der Waals surface area contributed by atoms with Gasteiger partial charge in [-0.05, 0) is 71.3 Å². The van der Waals surface area contributed by atoms with E-state index in [1.807, 2.05) is 24.3 Å². The van der Waals surface area contributed by atoms with E-state index in [2.05, 4.69) is 43.0 Å². The fraction of sp³-hybridized carbons (Fsp3) is 0.226. The molecule has 0 aliphatic heterocycles. The molecule has 4 rings (SSSR count). The number of halogens is 3. The minimum Gasteiger partial charge on any atom is -0.204 e. The number of benzene rings is 4. The van der Waals surface area contributed by atoms with Crippen molar-refractivity contribution in [3.8, 4) is 23.0 Å². The molecule has 0 bridgehead atoms. The summed E-state index contributed by atoms with van der Waals surface area (Å²) >= 11 is 0. The van der Waals surface area contributed by atoms with E-state index in [9.17, 15) is 13.2 Å². The third-order valence-electron chi connectivity index (χ3n) is 6.06. The number of unbranched alkanes of at least 4 members (excludes halogenated alkanes) is 4. The van der Waals surface area contributed by atoms with Gasteiger partial charge in [0.1, 0.15) is 0 Å². The van der Waals surface area contributed by atoms with E-state index in [-0.39, 0.29) is 5.39 Å². The summed E-state index contributed by atoms with van der Waals surface area (Å²) in [5.41, 5.74) is 4.89.